The van der Waals surface area contributed by atoms with Crippen molar-refractivity contribution in [2.75, 3.05) is 20.0 Å². The first-order chi connectivity index (χ1) is 10.1. The van der Waals surface area contributed by atoms with Crippen LogP contribution in [0.15, 0.2) is 24.4 Å². The summed E-state index contributed by atoms with van der Waals surface area (Å²) in [7, 11) is 4.82. The number of rotatable bonds is 5. The number of nitrogens with two attached hydrogens (primary N) is 1. The van der Waals surface area contributed by atoms with Crippen molar-refractivity contribution < 1.29 is 14.3 Å². The van der Waals surface area contributed by atoms with E-state index in [0.717, 1.165) is 5.56 Å². The standard InChI is InChI=1S/C14H18N4O3/c1-18-13(11(15)8-17-18)14(19)16-7-9-6-10(20-2)4-5-12(9)21-3/h4-6,8H,7,15H2,1-3H3,(H,16,19). The molecule has 7 heteroatoms. The van der Waals surface area contributed by atoms with Gasteiger partial charge in [0.2, 0.25) is 0 Å². The van der Waals surface area contributed by atoms with Crippen LogP contribution in [0.4, 0.5) is 5.69 Å². The van der Waals surface area contributed by atoms with Gasteiger partial charge in [-0.2, -0.15) is 5.10 Å². The number of amides is 1. The van der Waals surface area contributed by atoms with Crippen molar-refractivity contribution in [1.82, 2.24) is 15.1 Å². The molecule has 0 aliphatic carbocycles. The van der Waals surface area contributed by atoms with Gasteiger partial charge < -0.3 is 20.5 Å². The predicted octanol–water partition coefficient (Wildman–Crippen LogP) is 0.949. The molecular formula is C14H18N4O3. The van der Waals surface area contributed by atoms with E-state index in [4.69, 9.17) is 15.2 Å². The second-order valence-corrected chi connectivity index (χ2v) is 4.43. The van der Waals surface area contributed by atoms with Crippen LogP contribution < -0.4 is 20.5 Å². The summed E-state index contributed by atoms with van der Waals surface area (Å²) < 4.78 is 11.9. The Hall–Kier alpha value is -2.70. The van der Waals surface area contributed by atoms with Gasteiger partial charge in [0.1, 0.15) is 17.2 Å². The maximum absolute atomic E-state index is 12.2. The van der Waals surface area contributed by atoms with E-state index in [1.165, 1.54) is 10.9 Å². The highest BCUT2D eigenvalue weighted by Gasteiger charge is 2.15. The summed E-state index contributed by atoms with van der Waals surface area (Å²) in [6, 6.07) is 5.40. The Bertz CT molecular complexity index is 632. The average molecular weight is 290 g/mol. The van der Waals surface area contributed by atoms with Crippen molar-refractivity contribution in [3.8, 4) is 11.5 Å². The Kier molecular flexibility index (Phi) is 4.32. The van der Waals surface area contributed by atoms with Crippen molar-refractivity contribution in [1.29, 1.82) is 0 Å². The fraction of sp³-hybridized carbons (Fsp3) is 0.286. The van der Waals surface area contributed by atoms with Crippen LogP contribution in [0.3, 0.4) is 0 Å². The molecule has 1 aromatic carbocycles. The highest BCUT2D eigenvalue weighted by Crippen LogP contribution is 2.23. The summed E-state index contributed by atoms with van der Waals surface area (Å²) in [6.45, 7) is 0.295. The van der Waals surface area contributed by atoms with Gasteiger partial charge in [0.15, 0.2) is 0 Å². The molecule has 1 amide bonds. The molecule has 3 N–H and O–H groups in total. The van der Waals surface area contributed by atoms with E-state index >= 15 is 0 Å². The van der Waals surface area contributed by atoms with Gasteiger partial charge in [-0.1, -0.05) is 0 Å². The van der Waals surface area contributed by atoms with Crippen molar-refractivity contribution in [3.63, 3.8) is 0 Å². The number of aryl methyl sites for hydroxylation is 1. The third-order valence-electron chi connectivity index (χ3n) is 3.11. The van der Waals surface area contributed by atoms with Gasteiger partial charge in [-0.3, -0.25) is 9.48 Å². The molecule has 1 heterocycles. The van der Waals surface area contributed by atoms with E-state index in [-0.39, 0.29) is 5.91 Å². The molecule has 2 aromatic rings. The Labute approximate surface area is 122 Å². The summed E-state index contributed by atoms with van der Waals surface area (Å²) in [5.41, 5.74) is 7.21. The summed E-state index contributed by atoms with van der Waals surface area (Å²) in [6.07, 6.45) is 1.45. The predicted molar refractivity (Wildman–Crippen MR) is 78.3 cm³/mol. The maximum atomic E-state index is 12.2. The van der Waals surface area contributed by atoms with E-state index in [1.54, 1.807) is 33.4 Å². The van der Waals surface area contributed by atoms with E-state index in [1.807, 2.05) is 6.07 Å². The van der Waals surface area contributed by atoms with Gasteiger partial charge in [-0.05, 0) is 18.2 Å². The smallest absolute Gasteiger partial charge is 0.271 e. The zero-order valence-electron chi connectivity index (χ0n) is 12.2. The molecule has 0 saturated carbocycles. The number of nitrogens with one attached hydrogen (secondary N) is 1. The first kappa shape index (κ1) is 14.7. The van der Waals surface area contributed by atoms with E-state index in [2.05, 4.69) is 10.4 Å². The van der Waals surface area contributed by atoms with Crippen molar-refractivity contribution in [2.45, 2.75) is 6.54 Å². The van der Waals surface area contributed by atoms with Gasteiger partial charge in [0.05, 0.1) is 26.1 Å². The average Bonchev–Trinajstić information content (AvgIpc) is 2.83. The van der Waals surface area contributed by atoms with Gasteiger partial charge >= 0.3 is 0 Å². The lowest BCUT2D eigenvalue weighted by atomic mass is 10.2. The highest BCUT2D eigenvalue weighted by atomic mass is 16.5. The SMILES string of the molecule is COc1ccc(OC)c(CNC(=O)c2c(N)cnn2C)c1. The van der Waals surface area contributed by atoms with Crippen LogP contribution in [0, 0.1) is 0 Å². The van der Waals surface area contributed by atoms with Crippen molar-refractivity contribution >= 4 is 11.6 Å². The zero-order chi connectivity index (χ0) is 15.4. The Morgan fingerprint density at radius 2 is 2.14 bits per heavy atom. The molecule has 0 unspecified atom stereocenters. The number of benzene rings is 1. The van der Waals surface area contributed by atoms with Crippen LogP contribution in [0.5, 0.6) is 11.5 Å². The quantitative estimate of drug-likeness (QED) is 0.855. The van der Waals surface area contributed by atoms with Crippen molar-refractivity contribution in [3.05, 3.63) is 35.7 Å². The second kappa shape index (κ2) is 6.17. The summed E-state index contributed by atoms with van der Waals surface area (Å²) in [5.74, 6) is 1.08. The number of hydrogen-bond donors (Lipinski definition) is 2. The minimum atomic E-state index is -0.294. The van der Waals surface area contributed by atoms with Gasteiger partial charge in [-0.15, -0.1) is 0 Å². The van der Waals surface area contributed by atoms with E-state index < -0.39 is 0 Å². The Morgan fingerprint density at radius 3 is 2.71 bits per heavy atom. The monoisotopic (exact) mass is 290 g/mol. The molecule has 0 aliphatic rings. The Balaban J connectivity index is 2.14. The normalized spacial score (nSPS) is 10.2. The van der Waals surface area contributed by atoms with E-state index in [9.17, 15) is 4.79 Å². The lowest BCUT2D eigenvalue weighted by Crippen LogP contribution is -2.26. The number of aromatic nitrogens is 2. The molecule has 0 radical (unpaired) electrons. The Morgan fingerprint density at radius 1 is 1.38 bits per heavy atom. The summed E-state index contributed by atoms with van der Waals surface area (Å²) in [5, 5.41) is 6.73. The number of nitrogens with zero attached hydrogens (tertiary/aromatic N) is 2. The topological polar surface area (TPSA) is 91.4 Å². The van der Waals surface area contributed by atoms with E-state index in [0.29, 0.717) is 29.4 Å². The van der Waals surface area contributed by atoms with Gasteiger partial charge in [-0.25, -0.2) is 0 Å². The molecule has 0 atom stereocenters. The molecule has 0 aliphatic heterocycles. The molecule has 2 rings (SSSR count). The number of ether oxygens (including phenoxy) is 2. The molecule has 0 fully saturated rings. The first-order valence-electron chi connectivity index (χ1n) is 6.33. The third kappa shape index (κ3) is 3.07. The first-order valence-corrected chi connectivity index (χ1v) is 6.33. The molecule has 0 spiro atoms. The summed E-state index contributed by atoms with van der Waals surface area (Å²) >= 11 is 0. The molecular weight excluding hydrogens is 272 g/mol. The summed E-state index contributed by atoms with van der Waals surface area (Å²) in [4.78, 5) is 12.2. The van der Waals surface area contributed by atoms with Crippen LogP contribution in [-0.2, 0) is 13.6 Å². The zero-order valence-corrected chi connectivity index (χ0v) is 12.2. The number of nitrogen functional groups attached to an aromatic ring is 1. The third-order valence-corrected chi connectivity index (χ3v) is 3.11. The number of methoxy groups -OCH3 is 2. The fourth-order valence-corrected chi connectivity index (χ4v) is 2.01. The number of anilines is 1. The lowest BCUT2D eigenvalue weighted by molar-refractivity contribution is 0.0942. The largest absolute Gasteiger partial charge is 0.497 e. The van der Waals surface area contributed by atoms with Crippen molar-refractivity contribution in [2.24, 2.45) is 7.05 Å². The fourth-order valence-electron chi connectivity index (χ4n) is 2.01. The molecule has 0 bridgehead atoms. The molecule has 0 saturated heterocycles. The van der Waals surface area contributed by atoms with Crippen LogP contribution in [-0.4, -0.2) is 29.9 Å². The van der Waals surface area contributed by atoms with Crippen LogP contribution in [0.2, 0.25) is 0 Å². The van der Waals surface area contributed by atoms with Gasteiger partial charge in [0, 0.05) is 19.2 Å². The minimum Gasteiger partial charge on any atom is -0.497 e. The molecule has 21 heavy (non-hydrogen) atoms. The molecule has 7 nitrogen and oxygen atoms in total. The lowest BCUT2D eigenvalue weighted by Gasteiger charge is -2.11. The maximum Gasteiger partial charge on any atom is 0.271 e. The minimum absolute atomic E-state index is 0.294. The van der Waals surface area contributed by atoms with Crippen LogP contribution in [0.1, 0.15) is 16.1 Å². The second-order valence-electron chi connectivity index (χ2n) is 4.43. The van der Waals surface area contributed by atoms with Crippen LogP contribution in [0.25, 0.3) is 0 Å². The molecule has 112 valence electrons. The molecule has 1 aromatic heterocycles. The number of carbonyl (C=O) groups excluding carboxylic acids is 1. The van der Waals surface area contributed by atoms with Crippen LogP contribution >= 0.6 is 0 Å². The number of hydrogen-bond acceptors (Lipinski definition) is 5. The highest BCUT2D eigenvalue weighted by molar-refractivity contribution is 5.97. The number of carbonyl (C=O) groups is 1. The van der Waals surface area contributed by atoms with Gasteiger partial charge in [0.25, 0.3) is 5.91 Å².